The number of rotatable bonds is 30. The maximum absolute atomic E-state index is 13.0. The van der Waals surface area contributed by atoms with Gasteiger partial charge in [0.25, 0.3) is 37.5 Å². The van der Waals surface area contributed by atoms with Gasteiger partial charge in [-0.15, -0.1) is 0 Å². The van der Waals surface area contributed by atoms with Crippen LogP contribution in [0.4, 0.5) is 56.1 Å². The Balaban J connectivity index is 0.000000218. The van der Waals surface area contributed by atoms with Gasteiger partial charge in [-0.1, -0.05) is 156 Å². The smallest absolute Gasteiger partial charge is 0.416 e. The fraction of sp³-hybridized carbons (Fsp3) is 0.304. The third-order valence-corrected chi connectivity index (χ3v) is 24.9. The van der Waals surface area contributed by atoms with Crippen LogP contribution in [0.2, 0.25) is 0 Å². The van der Waals surface area contributed by atoms with Crippen molar-refractivity contribution in [1.29, 1.82) is 0 Å². The molecule has 0 aliphatic heterocycles. The second-order valence-electron chi connectivity index (χ2n) is 34.3. The van der Waals surface area contributed by atoms with Gasteiger partial charge >= 0.3 is 6.18 Å². The Bertz CT molecular complexity index is 6340. The van der Waals surface area contributed by atoms with Crippen LogP contribution in [0.5, 0.6) is 46.0 Å². The summed E-state index contributed by atoms with van der Waals surface area (Å²) in [6.45, 7) is 29.6. The molecule has 26 nitrogen and oxygen atoms in total. The minimum atomic E-state index is -4.56. The molecule has 0 heterocycles. The van der Waals surface area contributed by atoms with Crippen LogP contribution < -0.4 is 68.3 Å². The zero-order chi connectivity index (χ0) is 110. The summed E-state index contributed by atoms with van der Waals surface area (Å²) < 4.78 is 140. The van der Waals surface area contributed by atoms with Crippen molar-refractivity contribution in [3.63, 3.8) is 0 Å². The van der Waals surface area contributed by atoms with Crippen LogP contribution in [0, 0.1) is 83.1 Å². The quantitative estimate of drug-likeness (QED) is 0.0139. The van der Waals surface area contributed by atoms with E-state index in [0.717, 1.165) is 140 Å². The second kappa shape index (κ2) is 58.5. The van der Waals surface area contributed by atoms with Gasteiger partial charge in [0.15, 0.2) is 0 Å². The van der Waals surface area contributed by atoms with Crippen LogP contribution in [0.15, 0.2) is 218 Å². The molecule has 6 N–H and O–H groups in total. The van der Waals surface area contributed by atoms with Crippen LogP contribution in [0.1, 0.15) is 161 Å². The fourth-order valence-electron chi connectivity index (χ4n) is 14.7. The number of alkyl halides is 5. The number of hydrogen-bond acceptors (Lipinski definition) is 26. The number of ether oxygens (including phenoxy) is 14. The molecule has 37 heteroatoms. The number of anilines is 6. The van der Waals surface area contributed by atoms with Gasteiger partial charge in [0.2, 0.25) is 0 Å². The monoisotopic (exact) mass is 2160 g/mol. The molecule has 1 fully saturated rings. The first kappa shape index (κ1) is 121. The molecule has 0 spiro atoms. The molecular weight excluding hydrogens is 2040 g/mol. The van der Waals surface area contributed by atoms with Crippen molar-refractivity contribution in [2.45, 2.75) is 174 Å². The number of hydroxylamine groups is 6. The van der Waals surface area contributed by atoms with Gasteiger partial charge in [0, 0.05) is 51.1 Å². The first-order valence-electron chi connectivity index (χ1n) is 46.7. The SMILES string of the molecule is CCOc1ccc(COc2ccc(C)cc2C)c(N(O)C(=S)OC)c1.CCc1ccc(COc2ccc(C)cc2C)c(N(O)C(=S)OC)c1.COC(=S)N(O)c1cc(C(F)(F)F)ccc1COc1ccc(C)cc1C.COC(=S)N(O)c1cc(C(F)F)ccc1COc1ccc(C)cc1C.COC(=S)N(O)c1cc(C2CC2)ccc1COc1ccc(C)cc1C.COC(=S)N(O)c1cc(OC)ccc1COc1ccc(C)cc1C. The van der Waals surface area contributed by atoms with Gasteiger partial charge in [-0.2, -0.15) is 43.6 Å². The van der Waals surface area contributed by atoms with Gasteiger partial charge in [-0.05, 0) is 324 Å². The van der Waals surface area contributed by atoms with E-state index in [1.807, 2.05) is 210 Å². The van der Waals surface area contributed by atoms with E-state index < -0.39 is 18.2 Å². The Hall–Kier alpha value is -13.4. The predicted octanol–water partition coefficient (Wildman–Crippen LogP) is 27.9. The highest BCUT2D eigenvalue weighted by Crippen LogP contribution is 2.43. The van der Waals surface area contributed by atoms with E-state index in [1.165, 1.54) is 102 Å². The lowest BCUT2D eigenvalue weighted by molar-refractivity contribution is -0.137. The number of thiocarbonyl (C=S) groups is 6. The molecule has 0 unspecified atom stereocenters. The number of aryl methyl sites for hydroxylation is 13. The molecule has 0 atom stereocenters. The van der Waals surface area contributed by atoms with Gasteiger partial charge in [-0.25, -0.2) is 8.78 Å². The van der Waals surface area contributed by atoms with Gasteiger partial charge < -0.3 is 66.3 Å². The molecular formula is C112H127F5N6O20S6. The number of nitrogens with zero attached hydrogens (tertiary/aromatic N) is 6. The lowest BCUT2D eigenvalue weighted by atomic mass is 10.1. The molecule has 1 saturated carbocycles. The van der Waals surface area contributed by atoms with E-state index in [9.17, 15) is 53.2 Å². The van der Waals surface area contributed by atoms with Crippen molar-refractivity contribution in [3.05, 3.63) is 341 Å². The summed E-state index contributed by atoms with van der Waals surface area (Å²) in [6, 6.07) is 64.9. The van der Waals surface area contributed by atoms with Gasteiger partial charge in [0.05, 0.1) is 96.1 Å². The van der Waals surface area contributed by atoms with Crippen molar-refractivity contribution in [1.82, 2.24) is 0 Å². The zero-order valence-electron chi connectivity index (χ0n) is 86.9. The number of benzene rings is 12. The summed E-state index contributed by atoms with van der Waals surface area (Å²) in [5.41, 5.74) is 20.2. The maximum atomic E-state index is 13.0. The van der Waals surface area contributed by atoms with Crippen LogP contribution in [-0.4, -0.2) is 119 Å². The minimum Gasteiger partial charge on any atom is -0.497 e. The maximum Gasteiger partial charge on any atom is 0.416 e. The predicted molar refractivity (Wildman–Crippen MR) is 592 cm³/mol. The van der Waals surface area contributed by atoms with Gasteiger partial charge in [-0.3, -0.25) is 31.2 Å². The largest absolute Gasteiger partial charge is 0.497 e. The highest BCUT2D eigenvalue weighted by molar-refractivity contribution is 7.81. The minimum absolute atomic E-state index is 0.00369. The molecule has 12 aromatic rings. The van der Waals surface area contributed by atoms with Crippen LogP contribution >= 0.6 is 73.3 Å². The van der Waals surface area contributed by atoms with E-state index >= 15 is 0 Å². The molecule has 149 heavy (non-hydrogen) atoms. The highest BCUT2D eigenvalue weighted by atomic mass is 32.1. The Morgan fingerprint density at radius 2 is 0.557 bits per heavy atom. The van der Waals surface area contributed by atoms with E-state index in [2.05, 4.69) is 44.2 Å². The third-order valence-electron chi connectivity index (χ3n) is 22.9. The molecule has 1 aliphatic rings. The molecule has 0 aromatic heterocycles. The zero-order valence-corrected chi connectivity index (χ0v) is 91.8. The van der Waals surface area contributed by atoms with E-state index in [1.54, 1.807) is 31.4 Å². The molecule has 0 amide bonds. The van der Waals surface area contributed by atoms with Crippen molar-refractivity contribution in [2.75, 3.05) is 86.8 Å². The van der Waals surface area contributed by atoms with E-state index in [-0.39, 0.29) is 74.4 Å². The van der Waals surface area contributed by atoms with Crippen LogP contribution in [0.25, 0.3) is 0 Å². The van der Waals surface area contributed by atoms with Gasteiger partial charge in [0.1, 0.15) is 85.6 Å². The van der Waals surface area contributed by atoms with Crippen molar-refractivity contribution in [3.8, 4) is 46.0 Å². The molecule has 796 valence electrons. The summed E-state index contributed by atoms with van der Waals surface area (Å²) in [7, 11) is 9.74. The summed E-state index contributed by atoms with van der Waals surface area (Å²) >= 11 is 29.8. The summed E-state index contributed by atoms with van der Waals surface area (Å²) in [5.74, 6) is 6.33. The van der Waals surface area contributed by atoms with Crippen LogP contribution in [-0.2, 0) is 80.7 Å². The Morgan fingerprint density at radius 3 is 0.826 bits per heavy atom. The molecule has 0 bridgehead atoms. The molecule has 0 saturated heterocycles. The average Bonchev–Trinajstić information content (AvgIpc) is 1.57. The highest BCUT2D eigenvalue weighted by Gasteiger charge is 2.33. The van der Waals surface area contributed by atoms with E-state index in [4.69, 9.17) is 140 Å². The normalized spacial score (nSPS) is 11.0. The number of hydrogen-bond donors (Lipinski definition) is 6. The Labute approximate surface area is 899 Å². The lowest BCUT2D eigenvalue weighted by Crippen LogP contribution is -2.28. The lowest BCUT2D eigenvalue weighted by Gasteiger charge is -2.21. The first-order chi connectivity index (χ1) is 70.8. The summed E-state index contributed by atoms with van der Waals surface area (Å²) in [4.78, 5) is 0. The molecule has 1 aliphatic carbocycles. The topological polar surface area (TPSA) is 270 Å². The number of halogens is 5. The Kier molecular flexibility index (Phi) is 47.4. The fourth-order valence-corrected chi connectivity index (χ4v) is 15.3. The first-order valence-corrected chi connectivity index (χ1v) is 49.2. The summed E-state index contributed by atoms with van der Waals surface area (Å²) in [5, 5.41) is 65.1. The average molecular weight is 2160 g/mol. The third kappa shape index (κ3) is 35.9. The second-order valence-corrected chi connectivity index (χ2v) is 36.4. The standard InChI is InChI=1S/C20H23NO3S.C19H23NO4S.C19H23NO3S.C18H18F3NO3S.C18H19F2NO3S.C18H21NO4S/c1-13-4-9-19(14(2)10-13)24-12-17-8-7-16(15-5-6-15)11-18(17)21(22)20(25)23-3;1-5-23-16-8-7-15(17(11-16)20(21)19(25)22-4)12-24-18-9-6-13(2)10-14(18)3;1-5-15-7-8-16(17(11-15)20(21)19(24)22-4)12-23-18-9-6-13(2)10-14(18)3;1-11-4-7-16(12(2)8-11)25-10-13-5-6-14(18(19,20)21)9-15(13)22(23)17(26)24-3;1-11-4-7-16(12(2)8-11)24-10-14-6-5-13(17(19)20)9-15(14)21(22)18(25)23-3;1-12-5-8-17(13(2)9-12)23-11-14-6-7-15(21-3)10-16(14)19(20)18(24)22-4/h4,7-11,15,22H,5-6,12H2,1-3H3;6-11,21H,5,12H2,1-4H3;6-11,21H,5,12H2,1-4H3;4-9,23H,10H2,1-3H3;4-9,17,22H,10H2,1-3H3;5-10,20H,11H2,1-4H3. The van der Waals surface area contributed by atoms with E-state index in [0.29, 0.717) is 92.7 Å². The summed E-state index contributed by atoms with van der Waals surface area (Å²) in [6.07, 6.45) is -3.98. The molecule has 12 aromatic carbocycles. The molecule has 13 rings (SSSR count). The van der Waals surface area contributed by atoms with Crippen molar-refractivity contribution in [2.24, 2.45) is 0 Å². The number of methoxy groups -OCH3 is 7. The molecule has 0 radical (unpaired) electrons. The van der Waals surface area contributed by atoms with Crippen molar-refractivity contribution >= 4 is 138 Å². The van der Waals surface area contributed by atoms with Crippen molar-refractivity contribution < 1.29 is 120 Å². The van der Waals surface area contributed by atoms with Crippen LogP contribution in [0.3, 0.4) is 0 Å². The Morgan fingerprint density at radius 1 is 0.302 bits per heavy atom.